The van der Waals surface area contributed by atoms with E-state index in [9.17, 15) is 0 Å². The van der Waals surface area contributed by atoms with Gasteiger partial charge in [0.1, 0.15) is 0 Å². The predicted octanol–water partition coefficient (Wildman–Crippen LogP) is 2.50. The van der Waals surface area contributed by atoms with Gasteiger partial charge in [-0.1, -0.05) is 12.2 Å². The number of rotatable bonds is 3. The summed E-state index contributed by atoms with van der Waals surface area (Å²) in [4.78, 5) is 2.60. The lowest BCUT2D eigenvalue weighted by molar-refractivity contribution is 0.0749. The Balaban J connectivity index is 1.87. The van der Waals surface area contributed by atoms with Gasteiger partial charge >= 0.3 is 0 Å². The third-order valence-corrected chi connectivity index (χ3v) is 5.70. The molecule has 22 heavy (non-hydrogen) atoms. The first-order valence-electron chi connectivity index (χ1n) is 7.93. The van der Waals surface area contributed by atoms with Crippen LogP contribution < -0.4 is 9.47 Å². The minimum Gasteiger partial charge on any atom is -0.493 e. The maximum atomic E-state index is 5.57. The van der Waals surface area contributed by atoms with Crippen LogP contribution in [0.1, 0.15) is 24.0 Å². The molecule has 4 rings (SSSR count). The van der Waals surface area contributed by atoms with Gasteiger partial charge in [0.15, 0.2) is 11.5 Å². The zero-order valence-electron chi connectivity index (χ0n) is 13.5. The van der Waals surface area contributed by atoms with E-state index in [2.05, 4.69) is 29.2 Å². The lowest BCUT2D eigenvalue weighted by Gasteiger charge is -2.46. The normalized spacial score (nSPS) is 35.0. The molecular formula is C18H23NO3. The molecule has 4 atom stereocenters. The molecule has 0 aromatic heterocycles. The highest BCUT2D eigenvalue weighted by Crippen LogP contribution is 2.52. The van der Waals surface area contributed by atoms with Gasteiger partial charge in [-0.25, -0.2) is 0 Å². The Labute approximate surface area is 131 Å². The molecule has 4 nitrogen and oxygen atoms in total. The van der Waals surface area contributed by atoms with Crippen LogP contribution in [0.4, 0.5) is 0 Å². The van der Waals surface area contributed by atoms with E-state index in [1.165, 1.54) is 17.5 Å². The van der Waals surface area contributed by atoms with E-state index >= 15 is 0 Å². The van der Waals surface area contributed by atoms with Crippen LogP contribution >= 0.6 is 0 Å². The van der Waals surface area contributed by atoms with Crippen molar-refractivity contribution in [1.29, 1.82) is 0 Å². The van der Waals surface area contributed by atoms with Crippen molar-refractivity contribution in [2.24, 2.45) is 0 Å². The van der Waals surface area contributed by atoms with E-state index in [1.54, 1.807) is 21.3 Å². The lowest BCUT2D eigenvalue weighted by atomic mass is 9.66. The second-order valence-corrected chi connectivity index (χ2v) is 6.51. The van der Waals surface area contributed by atoms with E-state index in [1.807, 2.05) is 0 Å². The first-order valence-corrected chi connectivity index (χ1v) is 7.93. The molecular weight excluding hydrogens is 278 g/mol. The van der Waals surface area contributed by atoms with Crippen molar-refractivity contribution in [3.8, 4) is 11.5 Å². The van der Waals surface area contributed by atoms with Crippen LogP contribution in [-0.4, -0.2) is 44.9 Å². The van der Waals surface area contributed by atoms with Crippen LogP contribution in [0.15, 0.2) is 24.3 Å². The molecule has 1 aromatic rings. The van der Waals surface area contributed by atoms with Crippen LogP contribution in [0.2, 0.25) is 0 Å². The average Bonchev–Trinajstić information content (AvgIpc) is 2.85. The fourth-order valence-electron chi connectivity index (χ4n) is 4.58. The van der Waals surface area contributed by atoms with Crippen LogP contribution in [0, 0.1) is 0 Å². The Morgan fingerprint density at radius 2 is 1.91 bits per heavy atom. The molecule has 0 saturated carbocycles. The van der Waals surface area contributed by atoms with E-state index < -0.39 is 0 Å². The van der Waals surface area contributed by atoms with Gasteiger partial charge in [-0.3, -0.25) is 4.90 Å². The summed E-state index contributed by atoms with van der Waals surface area (Å²) in [5.41, 5.74) is 2.89. The fourth-order valence-corrected chi connectivity index (χ4v) is 4.58. The number of benzene rings is 1. The van der Waals surface area contributed by atoms with Gasteiger partial charge in [0.25, 0.3) is 0 Å². The number of hydrogen-bond acceptors (Lipinski definition) is 4. The molecule has 0 spiro atoms. The first kappa shape index (κ1) is 14.1. The van der Waals surface area contributed by atoms with Crippen LogP contribution in [-0.2, 0) is 16.7 Å². The van der Waals surface area contributed by atoms with E-state index in [0.717, 1.165) is 31.0 Å². The number of nitrogens with zero attached hydrogens (tertiary/aromatic N) is 1. The standard InChI is InChI=1S/C18H23NO3/c1-20-13-4-5-18-6-7-19(17(18)9-13)11-12-8-15(21-2)16(22-3)10-14(12)18/h4-5,8,10,13,17H,6-7,9,11H2,1-3H3. The third kappa shape index (κ3) is 1.77. The highest BCUT2D eigenvalue weighted by Gasteiger charge is 2.53. The zero-order chi connectivity index (χ0) is 15.3. The van der Waals surface area contributed by atoms with Gasteiger partial charge in [-0.2, -0.15) is 0 Å². The zero-order valence-corrected chi connectivity index (χ0v) is 13.5. The highest BCUT2D eigenvalue weighted by molar-refractivity contribution is 5.55. The topological polar surface area (TPSA) is 30.9 Å². The van der Waals surface area contributed by atoms with Gasteiger partial charge in [0, 0.05) is 31.7 Å². The molecule has 2 heterocycles. The fraction of sp³-hybridized carbons (Fsp3) is 0.556. The van der Waals surface area contributed by atoms with Crippen molar-refractivity contribution in [3.63, 3.8) is 0 Å². The molecule has 1 saturated heterocycles. The Bertz CT molecular complexity index is 627. The molecule has 3 aliphatic rings. The first-order chi connectivity index (χ1) is 10.7. The summed E-state index contributed by atoms with van der Waals surface area (Å²) in [5.74, 6) is 1.66. The lowest BCUT2D eigenvalue weighted by Crippen LogP contribution is -2.49. The number of fused-ring (bicyclic) bond motifs is 1. The Kier molecular flexibility index (Phi) is 3.20. The molecule has 2 aliphatic heterocycles. The summed E-state index contributed by atoms with van der Waals surface area (Å²) in [6, 6.07) is 4.88. The van der Waals surface area contributed by atoms with Crippen molar-refractivity contribution in [2.75, 3.05) is 27.9 Å². The highest BCUT2D eigenvalue weighted by atomic mass is 16.5. The van der Waals surface area contributed by atoms with Gasteiger partial charge < -0.3 is 14.2 Å². The molecule has 118 valence electrons. The summed E-state index contributed by atoms with van der Waals surface area (Å²) in [5, 5.41) is 0. The number of ether oxygens (including phenoxy) is 3. The second kappa shape index (κ2) is 5.00. The molecule has 4 unspecified atom stereocenters. The second-order valence-electron chi connectivity index (χ2n) is 6.51. The van der Waals surface area contributed by atoms with Crippen LogP contribution in [0.3, 0.4) is 0 Å². The molecule has 1 aliphatic carbocycles. The van der Waals surface area contributed by atoms with Crippen LogP contribution in [0.5, 0.6) is 11.5 Å². The molecule has 0 radical (unpaired) electrons. The summed E-state index contributed by atoms with van der Waals surface area (Å²) >= 11 is 0. The molecule has 0 amide bonds. The van der Waals surface area contributed by atoms with Gasteiger partial charge in [0.05, 0.1) is 20.3 Å². The molecule has 2 bridgehead atoms. The average molecular weight is 301 g/mol. The maximum Gasteiger partial charge on any atom is 0.161 e. The smallest absolute Gasteiger partial charge is 0.161 e. The van der Waals surface area contributed by atoms with Crippen LogP contribution in [0.25, 0.3) is 0 Å². The Morgan fingerprint density at radius 1 is 1.14 bits per heavy atom. The Hall–Kier alpha value is -1.52. The SMILES string of the molecule is COc1cc2c(cc1OC)C13C=CC(OC)CC1N(CC3)C2. The molecule has 1 aromatic carbocycles. The summed E-state index contributed by atoms with van der Waals surface area (Å²) < 4.78 is 16.6. The number of hydrogen-bond donors (Lipinski definition) is 0. The minimum atomic E-state index is 0.113. The van der Waals surface area contributed by atoms with Gasteiger partial charge in [-0.05, 0) is 36.1 Å². The van der Waals surface area contributed by atoms with Crippen molar-refractivity contribution in [3.05, 3.63) is 35.4 Å². The minimum absolute atomic E-state index is 0.113. The van der Waals surface area contributed by atoms with Gasteiger partial charge in [0.2, 0.25) is 0 Å². The number of methoxy groups -OCH3 is 3. The summed E-state index contributed by atoms with van der Waals surface area (Å²) in [6.07, 6.45) is 7.11. The van der Waals surface area contributed by atoms with E-state index in [-0.39, 0.29) is 11.5 Å². The molecule has 0 N–H and O–H groups in total. The molecule has 1 fully saturated rings. The van der Waals surface area contributed by atoms with Gasteiger partial charge in [-0.15, -0.1) is 0 Å². The Morgan fingerprint density at radius 3 is 2.64 bits per heavy atom. The summed E-state index contributed by atoms with van der Waals surface area (Å²) in [7, 11) is 5.21. The van der Waals surface area contributed by atoms with E-state index in [4.69, 9.17) is 14.2 Å². The van der Waals surface area contributed by atoms with Crippen molar-refractivity contribution in [2.45, 2.75) is 36.9 Å². The largest absolute Gasteiger partial charge is 0.493 e. The predicted molar refractivity (Wildman–Crippen MR) is 84.6 cm³/mol. The third-order valence-electron chi connectivity index (χ3n) is 5.70. The quantitative estimate of drug-likeness (QED) is 0.803. The summed E-state index contributed by atoms with van der Waals surface area (Å²) in [6.45, 7) is 2.14. The van der Waals surface area contributed by atoms with Crippen molar-refractivity contribution < 1.29 is 14.2 Å². The van der Waals surface area contributed by atoms with Crippen molar-refractivity contribution >= 4 is 0 Å². The van der Waals surface area contributed by atoms with E-state index in [0.29, 0.717) is 6.04 Å². The van der Waals surface area contributed by atoms with Crippen molar-refractivity contribution in [1.82, 2.24) is 4.90 Å². The molecule has 4 heteroatoms. The monoisotopic (exact) mass is 301 g/mol. The maximum absolute atomic E-state index is 5.57.